The third kappa shape index (κ3) is 6.51. The number of rotatable bonds is 11. The monoisotopic (exact) mass is 567 g/mol. The number of fused-ring (bicyclic) bond motifs is 1. The highest BCUT2D eigenvalue weighted by molar-refractivity contribution is 7.81. The van der Waals surface area contributed by atoms with Crippen LogP contribution in [-0.2, 0) is 11.2 Å². The van der Waals surface area contributed by atoms with Crippen LogP contribution in [0.25, 0.3) is 28.6 Å². The smallest absolute Gasteiger partial charge is 0.303 e. The van der Waals surface area contributed by atoms with E-state index < -0.39 is 5.97 Å². The van der Waals surface area contributed by atoms with Crippen molar-refractivity contribution in [3.63, 3.8) is 0 Å². The molecule has 1 aliphatic rings. The van der Waals surface area contributed by atoms with Crippen molar-refractivity contribution in [2.75, 3.05) is 0 Å². The first kappa shape index (κ1) is 28.2. The molecule has 0 amide bonds. The van der Waals surface area contributed by atoms with Gasteiger partial charge in [0, 0.05) is 15.7 Å². The van der Waals surface area contributed by atoms with Crippen LogP contribution in [0.15, 0.2) is 85.4 Å². The molecule has 1 N–H and O–H groups in total. The van der Waals surface area contributed by atoms with Crippen LogP contribution in [0.5, 0.6) is 0 Å². The summed E-state index contributed by atoms with van der Waals surface area (Å²) in [6.45, 7) is 6.21. The molecular formula is C35H34ClNO2S. The van der Waals surface area contributed by atoms with Crippen molar-refractivity contribution in [1.29, 1.82) is 0 Å². The van der Waals surface area contributed by atoms with E-state index in [9.17, 15) is 9.90 Å². The fraction of sp³-hybridized carbons (Fsp3) is 0.257. The molecule has 5 rings (SSSR count). The molecule has 0 aliphatic heterocycles. The van der Waals surface area contributed by atoms with Crippen molar-refractivity contribution in [3.05, 3.63) is 118 Å². The van der Waals surface area contributed by atoms with Gasteiger partial charge in [0.05, 0.1) is 17.6 Å². The van der Waals surface area contributed by atoms with E-state index in [0.29, 0.717) is 5.02 Å². The van der Waals surface area contributed by atoms with Gasteiger partial charge in [-0.1, -0.05) is 90.5 Å². The number of nitrogens with zero attached hydrogens (tertiary/aromatic N) is 1. The van der Waals surface area contributed by atoms with E-state index in [0.717, 1.165) is 53.4 Å². The summed E-state index contributed by atoms with van der Waals surface area (Å²) in [6, 6.07) is 26.7. The maximum absolute atomic E-state index is 11.7. The Kier molecular flexibility index (Phi) is 8.48. The van der Waals surface area contributed by atoms with E-state index in [1.54, 1.807) is 0 Å². The predicted molar refractivity (Wildman–Crippen MR) is 171 cm³/mol. The van der Waals surface area contributed by atoms with Crippen molar-refractivity contribution in [2.45, 2.75) is 50.2 Å². The number of hydrogen-bond donors (Lipinski definition) is 2. The molecule has 0 radical (unpaired) electrons. The number of aryl methyl sites for hydroxylation is 1. The topological polar surface area (TPSA) is 50.2 Å². The number of carboxylic acid groups (broad SMARTS) is 1. The predicted octanol–water partition coefficient (Wildman–Crippen LogP) is 9.36. The Bertz CT molecular complexity index is 1590. The first-order valence-electron chi connectivity index (χ1n) is 13.7. The van der Waals surface area contributed by atoms with Gasteiger partial charge in [-0.25, -0.2) is 4.98 Å². The second-order valence-corrected chi connectivity index (χ2v) is 12.0. The number of thiol groups is 1. The summed E-state index contributed by atoms with van der Waals surface area (Å²) in [7, 11) is 0. The zero-order valence-electron chi connectivity index (χ0n) is 22.7. The van der Waals surface area contributed by atoms with Crippen LogP contribution in [0.3, 0.4) is 0 Å². The summed E-state index contributed by atoms with van der Waals surface area (Å²) in [4.78, 5) is 16.5. The number of allylic oxidation sites excluding steroid dienone is 1. The van der Waals surface area contributed by atoms with Crippen molar-refractivity contribution in [3.8, 4) is 0 Å². The van der Waals surface area contributed by atoms with E-state index in [4.69, 9.17) is 29.2 Å². The lowest BCUT2D eigenvalue weighted by Crippen LogP contribution is -2.27. The molecule has 2 atom stereocenters. The van der Waals surface area contributed by atoms with Gasteiger partial charge in [-0.3, -0.25) is 4.79 Å². The number of pyridine rings is 1. The first-order valence-corrected chi connectivity index (χ1v) is 14.6. The van der Waals surface area contributed by atoms with Crippen molar-refractivity contribution in [2.24, 2.45) is 5.41 Å². The molecule has 3 nitrogen and oxygen atoms in total. The van der Waals surface area contributed by atoms with E-state index in [1.807, 2.05) is 43.3 Å². The summed E-state index contributed by atoms with van der Waals surface area (Å²) in [6.07, 6.45) is 7.82. The Labute approximate surface area is 247 Å². The Balaban J connectivity index is 1.43. The normalized spacial score (nSPS) is 15.7. The van der Waals surface area contributed by atoms with Gasteiger partial charge < -0.3 is 5.11 Å². The number of hydrogen-bond acceptors (Lipinski definition) is 3. The highest BCUT2D eigenvalue weighted by atomic mass is 35.5. The molecule has 0 saturated heterocycles. The zero-order valence-corrected chi connectivity index (χ0v) is 24.3. The van der Waals surface area contributed by atoms with Gasteiger partial charge in [-0.15, -0.1) is 0 Å². The second kappa shape index (κ2) is 12.0. The number of carboxylic acids is 1. The third-order valence-electron chi connectivity index (χ3n) is 8.07. The molecule has 0 spiro atoms. The molecule has 1 unspecified atom stereocenters. The molecule has 1 saturated carbocycles. The molecule has 5 heteroatoms. The highest BCUT2D eigenvalue weighted by Crippen LogP contribution is 2.58. The molecule has 4 aromatic rings. The number of benzene rings is 3. The fourth-order valence-electron chi connectivity index (χ4n) is 5.71. The maximum atomic E-state index is 11.7. The van der Waals surface area contributed by atoms with Crippen LogP contribution < -0.4 is 0 Å². The summed E-state index contributed by atoms with van der Waals surface area (Å²) in [5.41, 5.74) is 7.23. The lowest BCUT2D eigenvalue weighted by Gasteiger charge is -2.31. The molecule has 204 valence electrons. The average molecular weight is 568 g/mol. The number of halogens is 1. The minimum atomic E-state index is -0.746. The Morgan fingerprint density at radius 3 is 2.60 bits per heavy atom. The van der Waals surface area contributed by atoms with Gasteiger partial charge in [-0.05, 0) is 90.5 Å². The van der Waals surface area contributed by atoms with Gasteiger partial charge in [-0.2, -0.15) is 12.6 Å². The minimum absolute atomic E-state index is 0.0493. The SMILES string of the molecule is C=C(C)c1ccccc1CC[C@H](c1cccc(/C=C/c2ccc3ccc(Cl)cc3n2)c1)C(S)C1(CC(=O)O)CC1. The molecule has 0 bridgehead atoms. The number of aliphatic carboxylic acids is 1. The average Bonchev–Trinajstić information content (AvgIpc) is 3.72. The molecule has 3 aromatic carbocycles. The van der Waals surface area contributed by atoms with Crippen LogP contribution >= 0.6 is 24.2 Å². The number of aromatic nitrogens is 1. The highest BCUT2D eigenvalue weighted by Gasteiger charge is 2.51. The summed E-state index contributed by atoms with van der Waals surface area (Å²) < 4.78 is 0. The summed E-state index contributed by atoms with van der Waals surface area (Å²) in [5.74, 6) is -0.638. The lowest BCUT2D eigenvalue weighted by atomic mass is 9.80. The van der Waals surface area contributed by atoms with Gasteiger partial charge >= 0.3 is 5.97 Å². The standard InChI is InChI=1S/C35H34ClNO2S/c1-23(2)30-9-4-3-7-25(30)13-17-31(34(40)35(18-19-35)22-33(38)39)27-8-5-6-24(20-27)10-15-29-16-12-26-11-14-28(36)21-32(26)37-29/h3-12,14-16,20-21,31,34,40H,1,13,17-19,22H2,2H3,(H,38,39)/b15-10+/t31-,34?/m1/s1. The zero-order chi connectivity index (χ0) is 28.3. The van der Waals surface area contributed by atoms with Gasteiger partial charge in [0.15, 0.2) is 0 Å². The Morgan fingerprint density at radius 1 is 1.07 bits per heavy atom. The van der Waals surface area contributed by atoms with E-state index >= 15 is 0 Å². The summed E-state index contributed by atoms with van der Waals surface area (Å²) >= 11 is 11.3. The Hall–Kier alpha value is -3.34. The molecular weight excluding hydrogens is 534 g/mol. The fourth-order valence-corrected chi connectivity index (χ4v) is 6.55. The molecule has 1 heterocycles. The Morgan fingerprint density at radius 2 is 1.85 bits per heavy atom. The van der Waals surface area contributed by atoms with Gasteiger partial charge in [0.2, 0.25) is 0 Å². The molecule has 1 aliphatic carbocycles. The second-order valence-electron chi connectivity index (χ2n) is 11.0. The van der Waals surface area contributed by atoms with E-state index in [-0.39, 0.29) is 23.0 Å². The van der Waals surface area contributed by atoms with Crippen molar-refractivity contribution >= 4 is 58.8 Å². The first-order chi connectivity index (χ1) is 19.2. The van der Waals surface area contributed by atoms with Crippen LogP contribution in [0.1, 0.15) is 66.5 Å². The van der Waals surface area contributed by atoms with E-state index in [1.165, 1.54) is 16.7 Å². The third-order valence-corrected chi connectivity index (χ3v) is 9.21. The minimum Gasteiger partial charge on any atom is -0.481 e. The van der Waals surface area contributed by atoms with E-state index in [2.05, 4.69) is 61.2 Å². The lowest BCUT2D eigenvalue weighted by molar-refractivity contribution is -0.138. The summed E-state index contributed by atoms with van der Waals surface area (Å²) in [5, 5.41) is 11.3. The molecule has 1 fully saturated rings. The van der Waals surface area contributed by atoms with Crippen LogP contribution in [0, 0.1) is 5.41 Å². The van der Waals surface area contributed by atoms with Crippen LogP contribution in [0.4, 0.5) is 0 Å². The van der Waals surface area contributed by atoms with Crippen LogP contribution in [-0.4, -0.2) is 21.3 Å². The molecule has 1 aromatic heterocycles. The van der Waals surface area contributed by atoms with Gasteiger partial charge in [0.25, 0.3) is 0 Å². The van der Waals surface area contributed by atoms with Crippen molar-refractivity contribution < 1.29 is 9.90 Å². The number of carbonyl (C=O) groups is 1. The van der Waals surface area contributed by atoms with Crippen molar-refractivity contribution in [1.82, 2.24) is 4.98 Å². The van der Waals surface area contributed by atoms with Crippen LogP contribution in [0.2, 0.25) is 5.02 Å². The maximum Gasteiger partial charge on any atom is 0.303 e. The quantitative estimate of drug-likeness (QED) is 0.177. The molecule has 40 heavy (non-hydrogen) atoms. The van der Waals surface area contributed by atoms with Gasteiger partial charge in [0.1, 0.15) is 0 Å². The largest absolute Gasteiger partial charge is 0.481 e.